The van der Waals surface area contributed by atoms with Crippen LogP contribution in [0.5, 0.6) is 11.5 Å². The number of methoxy groups -OCH3 is 1. The average Bonchev–Trinajstić information content (AvgIpc) is 3.21. The largest absolute Gasteiger partial charge is 0.497 e. The van der Waals surface area contributed by atoms with E-state index in [9.17, 15) is 0 Å². The van der Waals surface area contributed by atoms with E-state index in [-0.39, 0.29) is 0 Å². The summed E-state index contributed by atoms with van der Waals surface area (Å²) in [6.07, 6.45) is 3.45. The van der Waals surface area contributed by atoms with Crippen molar-refractivity contribution in [3.8, 4) is 11.5 Å². The smallest absolute Gasteiger partial charge is 0.143 e. The highest BCUT2D eigenvalue weighted by Gasteiger charge is 2.32. The van der Waals surface area contributed by atoms with Crippen LogP contribution in [-0.4, -0.2) is 37.7 Å². The van der Waals surface area contributed by atoms with E-state index in [1.807, 2.05) is 0 Å². The first-order valence-electron chi connectivity index (χ1n) is 11.3. The second kappa shape index (κ2) is 9.03. The van der Waals surface area contributed by atoms with Crippen LogP contribution in [0.25, 0.3) is 0 Å². The highest BCUT2D eigenvalue weighted by atomic mass is 16.5. The molecule has 0 bridgehead atoms. The molecule has 5 rings (SSSR count). The van der Waals surface area contributed by atoms with E-state index in [0.29, 0.717) is 12.6 Å². The van der Waals surface area contributed by atoms with Gasteiger partial charge in [-0.25, -0.2) is 0 Å². The summed E-state index contributed by atoms with van der Waals surface area (Å²) in [6, 6.07) is 26.1. The molecule has 0 unspecified atom stereocenters. The first kappa shape index (κ1) is 20.0. The number of hydrogen-bond acceptors (Lipinski definition) is 4. The van der Waals surface area contributed by atoms with Crippen molar-refractivity contribution in [3.63, 3.8) is 0 Å². The van der Waals surface area contributed by atoms with Crippen LogP contribution in [0.2, 0.25) is 0 Å². The number of aryl methyl sites for hydroxylation is 1. The average molecular weight is 415 g/mol. The molecule has 2 heterocycles. The molecule has 1 saturated heterocycles. The van der Waals surface area contributed by atoms with Gasteiger partial charge in [-0.3, -0.25) is 0 Å². The Morgan fingerprint density at radius 2 is 1.71 bits per heavy atom. The lowest BCUT2D eigenvalue weighted by Crippen LogP contribution is -2.34. The second-order valence-corrected chi connectivity index (χ2v) is 8.45. The molecule has 2 aliphatic heterocycles. The van der Waals surface area contributed by atoms with Crippen LogP contribution in [0, 0.1) is 0 Å². The normalized spacial score (nSPS) is 18.1. The lowest BCUT2D eigenvalue weighted by Gasteiger charge is -2.32. The molecule has 1 atom stereocenters. The van der Waals surface area contributed by atoms with Gasteiger partial charge in [0, 0.05) is 30.4 Å². The van der Waals surface area contributed by atoms with E-state index in [0.717, 1.165) is 37.6 Å². The molecule has 4 nitrogen and oxygen atoms in total. The van der Waals surface area contributed by atoms with Crippen molar-refractivity contribution in [1.29, 1.82) is 0 Å². The second-order valence-electron chi connectivity index (χ2n) is 8.45. The molecule has 0 amide bonds. The molecule has 0 aliphatic carbocycles. The molecule has 2 aliphatic rings. The Balaban J connectivity index is 1.27. The summed E-state index contributed by atoms with van der Waals surface area (Å²) in [5.74, 6) is 1.91. The molecule has 31 heavy (non-hydrogen) atoms. The van der Waals surface area contributed by atoms with Crippen molar-refractivity contribution in [3.05, 3.63) is 83.9 Å². The zero-order chi connectivity index (χ0) is 21.0. The van der Waals surface area contributed by atoms with Crippen LogP contribution in [-0.2, 0) is 13.0 Å². The fourth-order valence-corrected chi connectivity index (χ4v) is 4.85. The van der Waals surface area contributed by atoms with Gasteiger partial charge >= 0.3 is 0 Å². The van der Waals surface area contributed by atoms with Gasteiger partial charge in [0.05, 0.1) is 12.8 Å². The molecule has 0 spiro atoms. The highest BCUT2D eigenvalue weighted by molar-refractivity contribution is 5.73. The molecular weight excluding hydrogens is 384 g/mol. The molecule has 1 fully saturated rings. The zero-order valence-electron chi connectivity index (χ0n) is 18.2. The van der Waals surface area contributed by atoms with Crippen molar-refractivity contribution in [1.82, 2.24) is 4.90 Å². The Morgan fingerprint density at radius 1 is 0.935 bits per heavy atom. The first-order valence-corrected chi connectivity index (χ1v) is 11.3. The van der Waals surface area contributed by atoms with E-state index in [2.05, 4.69) is 82.6 Å². The molecular formula is C27H30N2O2. The molecule has 0 aromatic heterocycles. The quantitative estimate of drug-likeness (QED) is 0.537. The van der Waals surface area contributed by atoms with Crippen LogP contribution in [0.15, 0.2) is 72.8 Å². The predicted molar refractivity (Wildman–Crippen MR) is 126 cm³/mol. The molecule has 160 valence electrons. The number of rotatable bonds is 6. The highest BCUT2D eigenvalue weighted by Crippen LogP contribution is 2.42. The van der Waals surface area contributed by atoms with E-state index in [1.54, 1.807) is 7.11 Å². The molecule has 3 aromatic rings. The minimum absolute atomic E-state index is 0.463. The van der Waals surface area contributed by atoms with Crippen LogP contribution in [0.4, 0.5) is 11.4 Å². The van der Waals surface area contributed by atoms with Gasteiger partial charge in [0.25, 0.3) is 0 Å². The van der Waals surface area contributed by atoms with Crippen LogP contribution >= 0.6 is 0 Å². The molecule has 0 N–H and O–H groups in total. The van der Waals surface area contributed by atoms with Crippen molar-refractivity contribution in [2.45, 2.75) is 31.9 Å². The number of likely N-dealkylation sites (tertiary alicyclic amines) is 1. The molecule has 0 saturated carbocycles. The van der Waals surface area contributed by atoms with Gasteiger partial charge in [-0.1, -0.05) is 42.5 Å². The first-order chi connectivity index (χ1) is 15.3. The zero-order valence-corrected chi connectivity index (χ0v) is 18.2. The maximum absolute atomic E-state index is 6.16. The molecule has 0 radical (unpaired) electrons. The van der Waals surface area contributed by atoms with Gasteiger partial charge in [0.15, 0.2) is 0 Å². The van der Waals surface area contributed by atoms with E-state index >= 15 is 0 Å². The summed E-state index contributed by atoms with van der Waals surface area (Å²) in [4.78, 5) is 5.15. The third-order valence-corrected chi connectivity index (χ3v) is 6.47. The Hall–Kier alpha value is -2.98. The Labute approximate surface area is 185 Å². The third kappa shape index (κ3) is 4.26. The summed E-state index contributed by atoms with van der Waals surface area (Å²) in [7, 11) is 1.71. The number of ether oxygens (including phenoxy) is 2. The predicted octanol–water partition coefficient (Wildman–Crippen LogP) is 5.43. The van der Waals surface area contributed by atoms with Gasteiger partial charge < -0.3 is 19.3 Å². The summed E-state index contributed by atoms with van der Waals surface area (Å²) < 4.78 is 11.4. The summed E-state index contributed by atoms with van der Waals surface area (Å²) in [6.45, 7) is 4.00. The fourth-order valence-electron chi connectivity index (χ4n) is 4.85. The van der Waals surface area contributed by atoms with Crippen molar-refractivity contribution in [2.75, 3.05) is 31.6 Å². The van der Waals surface area contributed by atoms with E-state index < -0.39 is 0 Å². The van der Waals surface area contributed by atoms with Gasteiger partial charge in [-0.05, 0) is 61.7 Å². The van der Waals surface area contributed by atoms with Gasteiger partial charge in [-0.15, -0.1) is 0 Å². The molecule has 4 heteroatoms. The topological polar surface area (TPSA) is 24.9 Å². The minimum atomic E-state index is 0.463. The lowest BCUT2D eigenvalue weighted by molar-refractivity contribution is 0.310. The lowest BCUT2D eigenvalue weighted by atomic mass is 10.1. The minimum Gasteiger partial charge on any atom is -0.497 e. The Kier molecular flexibility index (Phi) is 5.81. The third-order valence-electron chi connectivity index (χ3n) is 6.47. The number of para-hydroxylation sites is 3. The maximum Gasteiger partial charge on any atom is 0.143 e. The number of nitrogens with zero attached hydrogens (tertiary/aromatic N) is 2. The van der Waals surface area contributed by atoms with Crippen molar-refractivity contribution in [2.24, 2.45) is 0 Å². The number of fused-ring (bicyclic) bond motifs is 2. The van der Waals surface area contributed by atoms with Crippen LogP contribution in [0.3, 0.4) is 0 Å². The van der Waals surface area contributed by atoms with Crippen molar-refractivity contribution < 1.29 is 9.47 Å². The maximum atomic E-state index is 6.16. The summed E-state index contributed by atoms with van der Waals surface area (Å²) in [5, 5.41) is 0. The van der Waals surface area contributed by atoms with Gasteiger partial charge in [-0.2, -0.15) is 0 Å². The summed E-state index contributed by atoms with van der Waals surface area (Å²) in [5.41, 5.74) is 5.12. The van der Waals surface area contributed by atoms with Gasteiger partial charge in [0.1, 0.15) is 18.1 Å². The SMILES string of the molecule is COc1ccc(CCCN2CC[C@@H](N3c4ccccc4COc4ccccc43)C2)cc1. The van der Waals surface area contributed by atoms with Crippen molar-refractivity contribution >= 4 is 11.4 Å². The van der Waals surface area contributed by atoms with Crippen LogP contribution < -0.4 is 14.4 Å². The number of anilines is 2. The summed E-state index contributed by atoms with van der Waals surface area (Å²) >= 11 is 0. The van der Waals surface area contributed by atoms with Crippen LogP contribution in [0.1, 0.15) is 24.0 Å². The fraction of sp³-hybridized carbons (Fsp3) is 0.333. The van der Waals surface area contributed by atoms with E-state index in [1.165, 1.54) is 35.3 Å². The van der Waals surface area contributed by atoms with Gasteiger partial charge in [0.2, 0.25) is 0 Å². The standard InChI is InChI=1S/C27H30N2O2/c1-30-24-14-12-21(13-15-24)7-6-17-28-18-16-23(19-28)29-25-9-3-2-8-22(25)20-31-27-11-5-4-10-26(27)29/h2-5,8-15,23H,6-7,16-20H2,1H3/t23-/m1/s1. The Morgan fingerprint density at radius 3 is 2.55 bits per heavy atom. The molecule has 3 aromatic carbocycles. The Bertz CT molecular complexity index is 970. The monoisotopic (exact) mass is 414 g/mol. The van der Waals surface area contributed by atoms with E-state index in [4.69, 9.17) is 9.47 Å². The number of benzene rings is 3. The number of hydrogen-bond donors (Lipinski definition) is 0.